The van der Waals surface area contributed by atoms with Crippen LogP contribution in [0.25, 0.3) is 0 Å². The number of hydrogen-bond acceptors (Lipinski definition) is 9. The van der Waals surface area contributed by atoms with Crippen molar-refractivity contribution < 1.29 is 38.0 Å². The minimum atomic E-state index is -0.129. The number of benzene rings is 1. The summed E-state index contributed by atoms with van der Waals surface area (Å²) in [5, 5.41) is 0. The first-order valence-electron chi connectivity index (χ1n) is 16.8. The van der Waals surface area contributed by atoms with Crippen LogP contribution in [-0.4, -0.2) is 85.3 Å². The molecule has 2 N–H and O–H groups in total. The topological polar surface area (TPSA) is 108 Å². The van der Waals surface area contributed by atoms with Gasteiger partial charge in [0.25, 0.3) is 0 Å². The molecule has 9 nitrogen and oxygen atoms in total. The second-order valence-electron chi connectivity index (χ2n) is 10.7. The van der Waals surface area contributed by atoms with Crippen molar-refractivity contribution in [1.82, 2.24) is 0 Å². The number of para-hydroxylation sites is 2. The van der Waals surface area contributed by atoms with Crippen LogP contribution in [0.15, 0.2) is 24.3 Å². The molecule has 0 saturated carbocycles. The number of esters is 1. The van der Waals surface area contributed by atoms with E-state index in [1.165, 1.54) is 70.6 Å². The first-order valence-corrected chi connectivity index (χ1v) is 16.8. The number of ether oxygens (including phenoxy) is 7. The largest absolute Gasteiger partial charge is 0.489 e. The summed E-state index contributed by atoms with van der Waals surface area (Å²) in [6.45, 7) is 7.78. The predicted octanol–water partition coefficient (Wildman–Crippen LogP) is 6.76. The molecule has 0 bridgehead atoms. The number of unbranched alkanes of at least 4 members (excludes halogenated alkanes) is 12. The molecule has 9 heteroatoms. The Bertz CT molecular complexity index is 736. The van der Waals surface area contributed by atoms with Gasteiger partial charge < -0.3 is 38.9 Å². The Morgan fingerprint density at radius 2 is 0.930 bits per heavy atom. The number of hydrogen-bond donors (Lipinski definition) is 1. The first-order chi connectivity index (χ1) is 21.2. The first kappa shape index (κ1) is 39.1. The average molecular weight is 612 g/mol. The van der Waals surface area contributed by atoms with Gasteiger partial charge in [0.2, 0.25) is 0 Å². The Kier molecular flexibility index (Phi) is 28.7. The third-order valence-corrected chi connectivity index (χ3v) is 6.87. The van der Waals surface area contributed by atoms with Gasteiger partial charge in [-0.05, 0) is 18.6 Å². The Morgan fingerprint density at radius 1 is 0.535 bits per heavy atom. The molecule has 0 aliphatic carbocycles. The van der Waals surface area contributed by atoms with Crippen molar-refractivity contribution in [2.75, 3.05) is 85.0 Å². The van der Waals surface area contributed by atoms with Crippen LogP contribution >= 0.6 is 0 Å². The quantitative estimate of drug-likeness (QED) is 0.0524. The van der Waals surface area contributed by atoms with Crippen LogP contribution in [-0.2, 0) is 33.2 Å². The zero-order valence-corrected chi connectivity index (χ0v) is 27.0. The summed E-state index contributed by atoms with van der Waals surface area (Å²) in [5.74, 6) is 0.542. The van der Waals surface area contributed by atoms with Gasteiger partial charge >= 0.3 is 5.97 Å². The summed E-state index contributed by atoms with van der Waals surface area (Å²) in [5.41, 5.74) is 6.44. The lowest BCUT2D eigenvalue weighted by Gasteiger charge is -2.09. The SMILES string of the molecule is CCCCCCCCCCCCCCCC(=O)OCCOCCOCCOCCOCCOCCOc1ccccc1N. The summed E-state index contributed by atoms with van der Waals surface area (Å²) >= 11 is 0. The highest BCUT2D eigenvalue weighted by Gasteiger charge is 2.03. The third kappa shape index (κ3) is 27.4. The molecule has 1 aromatic rings. The highest BCUT2D eigenvalue weighted by molar-refractivity contribution is 5.69. The fourth-order valence-electron chi connectivity index (χ4n) is 4.38. The van der Waals surface area contributed by atoms with Gasteiger partial charge in [-0.2, -0.15) is 0 Å². The van der Waals surface area contributed by atoms with E-state index in [0.717, 1.165) is 12.8 Å². The molecule has 1 aromatic carbocycles. The standard InChI is InChI=1S/C34H61NO8/c1-2-3-4-5-6-7-8-9-10-11-12-13-14-19-34(36)43-31-29-41-27-25-39-23-21-37-20-22-38-24-26-40-28-30-42-33-18-16-15-17-32(33)35/h15-18H,2-14,19-31,35H2,1H3. The monoisotopic (exact) mass is 611 g/mol. The molecule has 0 unspecified atom stereocenters. The molecular formula is C34H61NO8. The van der Waals surface area contributed by atoms with Gasteiger partial charge in [0.1, 0.15) is 19.0 Å². The number of nitrogen functional groups attached to an aromatic ring is 1. The molecular weight excluding hydrogens is 550 g/mol. The van der Waals surface area contributed by atoms with Gasteiger partial charge in [0, 0.05) is 6.42 Å². The summed E-state index contributed by atoms with van der Waals surface area (Å²) < 4.78 is 38.1. The minimum Gasteiger partial charge on any atom is -0.489 e. The van der Waals surface area contributed by atoms with Crippen molar-refractivity contribution in [3.63, 3.8) is 0 Å². The van der Waals surface area contributed by atoms with Crippen LogP contribution in [0.5, 0.6) is 5.75 Å². The molecule has 0 heterocycles. The van der Waals surface area contributed by atoms with Gasteiger partial charge in [-0.25, -0.2) is 0 Å². The molecule has 0 saturated heterocycles. The van der Waals surface area contributed by atoms with Gasteiger partial charge in [0.05, 0.1) is 71.8 Å². The maximum Gasteiger partial charge on any atom is 0.305 e. The Hall–Kier alpha value is -1.91. The van der Waals surface area contributed by atoms with Crippen molar-refractivity contribution in [2.45, 2.75) is 96.8 Å². The maximum absolute atomic E-state index is 11.8. The van der Waals surface area contributed by atoms with Crippen LogP contribution in [0.1, 0.15) is 96.8 Å². The molecule has 250 valence electrons. The molecule has 0 amide bonds. The van der Waals surface area contributed by atoms with Crippen LogP contribution in [0.4, 0.5) is 5.69 Å². The van der Waals surface area contributed by atoms with Gasteiger partial charge in [-0.1, -0.05) is 96.1 Å². The number of anilines is 1. The summed E-state index contributed by atoms with van der Waals surface area (Å²) in [7, 11) is 0. The van der Waals surface area contributed by atoms with Crippen molar-refractivity contribution >= 4 is 11.7 Å². The lowest BCUT2D eigenvalue weighted by molar-refractivity contribution is -0.145. The second kappa shape index (κ2) is 31.5. The van der Waals surface area contributed by atoms with E-state index in [2.05, 4.69) is 6.92 Å². The second-order valence-corrected chi connectivity index (χ2v) is 10.7. The van der Waals surface area contributed by atoms with Crippen molar-refractivity contribution in [1.29, 1.82) is 0 Å². The predicted molar refractivity (Wildman–Crippen MR) is 172 cm³/mol. The lowest BCUT2D eigenvalue weighted by atomic mass is 10.0. The Labute approximate surface area is 261 Å². The smallest absolute Gasteiger partial charge is 0.305 e. The molecule has 0 atom stereocenters. The molecule has 0 spiro atoms. The van der Waals surface area contributed by atoms with Crippen LogP contribution in [0.2, 0.25) is 0 Å². The van der Waals surface area contributed by atoms with Gasteiger partial charge in [-0.15, -0.1) is 0 Å². The van der Waals surface area contributed by atoms with E-state index >= 15 is 0 Å². The van der Waals surface area contributed by atoms with E-state index in [-0.39, 0.29) is 5.97 Å². The fraction of sp³-hybridized carbons (Fsp3) is 0.794. The van der Waals surface area contributed by atoms with Crippen molar-refractivity contribution in [3.05, 3.63) is 24.3 Å². The van der Waals surface area contributed by atoms with E-state index in [0.29, 0.717) is 97.1 Å². The zero-order chi connectivity index (χ0) is 30.9. The molecule has 0 fully saturated rings. The molecule has 43 heavy (non-hydrogen) atoms. The van der Waals surface area contributed by atoms with Gasteiger partial charge in [-0.3, -0.25) is 4.79 Å². The summed E-state index contributed by atoms with van der Waals surface area (Å²) in [6, 6.07) is 7.39. The summed E-state index contributed by atoms with van der Waals surface area (Å²) in [6.07, 6.45) is 17.4. The van der Waals surface area contributed by atoms with Crippen LogP contribution < -0.4 is 10.5 Å². The molecule has 0 aliphatic heterocycles. The van der Waals surface area contributed by atoms with Crippen molar-refractivity contribution in [2.24, 2.45) is 0 Å². The average Bonchev–Trinajstić information content (AvgIpc) is 3.01. The molecule has 0 radical (unpaired) electrons. The van der Waals surface area contributed by atoms with Crippen LogP contribution in [0.3, 0.4) is 0 Å². The molecule has 0 aromatic heterocycles. The number of nitrogens with two attached hydrogens (primary N) is 1. The highest BCUT2D eigenvalue weighted by atomic mass is 16.6. The highest BCUT2D eigenvalue weighted by Crippen LogP contribution is 2.19. The van der Waals surface area contributed by atoms with E-state index in [9.17, 15) is 4.79 Å². The number of carbonyl (C=O) groups is 1. The third-order valence-electron chi connectivity index (χ3n) is 6.87. The van der Waals surface area contributed by atoms with E-state index in [1.54, 1.807) is 6.07 Å². The van der Waals surface area contributed by atoms with Crippen molar-refractivity contribution in [3.8, 4) is 5.75 Å². The lowest BCUT2D eigenvalue weighted by Crippen LogP contribution is -2.15. The van der Waals surface area contributed by atoms with E-state index in [1.807, 2.05) is 18.2 Å². The zero-order valence-electron chi connectivity index (χ0n) is 27.0. The number of carbonyl (C=O) groups excluding carboxylic acids is 1. The fourth-order valence-corrected chi connectivity index (χ4v) is 4.38. The maximum atomic E-state index is 11.8. The van der Waals surface area contributed by atoms with E-state index in [4.69, 9.17) is 38.9 Å². The Balaban J connectivity index is 1.69. The van der Waals surface area contributed by atoms with Gasteiger partial charge in [0.15, 0.2) is 0 Å². The summed E-state index contributed by atoms with van der Waals surface area (Å²) in [4.78, 5) is 11.8. The molecule has 0 aliphatic rings. The van der Waals surface area contributed by atoms with Crippen LogP contribution in [0, 0.1) is 0 Å². The van der Waals surface area contributed by atoms with E-state index < -0.39 is 0 Å². The Morgan fingerprint density at radius 3 is 1.40 bits per heavy atom. The number of rotatable bonds is 33. The normalized spacial score (nSPS) is 11.2. The molecule has 1 rings (SSSR count). The minimum absolute atomic E-state index is 0.129.